The predicted molar refractivity (Wildman–Crippen MR) is 129 cm³/mol. The number of carbonyl (C=O) groups is 2. The van der Waals surface area contributed by atoms with Gasteiger partial charge in [0.15, 0.2) is 5.78 Å². The van der Waals surface area contributed by atoms with Crippen molar-refractivity contribution >= 4 is 22.7 Å². The van der Waals surface area contributed by atoms with Gasteiger partial charge >= 0.3 is 5.97 Å². The molecule has 0 amide bonds. The van der Waals surface area contributed by atoms with Gasteiger partial charge in [0, 0.05) is 31.7 Å². The number of aromatic nitrogens is 3. The molecule has 1 aromatic heterocycles. The molecule has 1 aliphatic rings. The Morgan fingerprint density at radius 3 is 2.63 bits per heavy atom. The number of carbonyl (C=O) groups excluding carboxylic acids is 1. The van der Waals surface area contributed by atoms with Crippen molar-refractivity contribution < 1.29 is 24.2 Å². The smallest absolute Gasteiger partial charge is 0.307 e. The molecule has 0 bridgehead atoms. The summed E-state index contributed by atoms with van der Waals surface area (Å²) in [6, 6.07) is 12.1. The van der Waals surface area contributed by atoms with Crippen LogP contribution >= 0.6 is 0 Å². The van der Waals surface area contributed by atoms with Gasteiger partial charge in [0.2, 0.25) is 0 Å². The number of carboxylic acid groups (broad SMARTS) is 1. The molecule has 3 aromatic rings. The van der Waals surface area contributed by atoms with Gasteiger partial charge in [0.05, 0.1) is 17.9 Å². The first kappa shape index (κ1) is 24.5. The summed E-state index contributed by atoms with van der Waals surface area (Å²) in [6.07, 6.45) is 1.86. The Balaban J connectivity index is 1.35. The van der Waals surface area contributed by atoms with Gasteiger partial charge in [-0.2, -0.15) is 0 Å². The van der Waals surface area contributed by atoms with E-state index >= 15 is 0 Å². The lowest BCUT2D eigenvalue weighted by atomic mass is 9.95. The molecule has 0 radical (unpaired) electrons. The molecule has 0 spiro atoms. The number of carboxylic acids is 1. The molecule has 35 heavy (non-hydrogen) atoms. The molecular weight excluding hydrogens is 450 g/mol. The molecule has 1 N–H and O–H groups in total. The first-order chi connectivity index (χ1) is 16.9. The zero-order valence-corrected chi connectivity index (χ0v) is 19.7. The normalized spacial score (nSPS) is 15.1. The van der Waals surface area contributed by atoms with Crippen LogP contribution in [0.4, 0.5) is 0 Å². The third-order valence-electron chi connectivity index (χ3n) is 6.35. The van der Waals surface area contributed by atoms with Crippen LogP contribution in [0, 0.1) is 18.8 Å². The van der Waals surface area contributed by atoms with Crippen molar-refractivity contribution in [2.75, 3.05) is 19.8 Å². The molecule has 1 aliphatic heterocycles. The fourth-order valence-corrected chi connectivity index (χ4v) is 4.13. The van der Waals surface area contributed by atoms with Gasteiger partial charge in [-0.3, -0.25) is 14.4 Å². The van der Waals surface area contributed by atoms with E-state index in [1.807, 2.05) is 13.0 Å². The molecule has 1 saturated heterocycles. The van der Waals surface area contributed by atoms with Crippen LogP contribution in [0.1, 0.15) is 41.6 Å². The zero-order valence-electron chi connectivity index (χ0n) is 19.7. The first-order valence-corrected chi connectivity index (χ1v) is 11.8. The van der Waals surface area contributed by atoms with E-state index in [0.717, 1.165) is 36.3 Å². The number of hydrogen-bond donors (Lipinski definition) is 1. The minimum atomic E-state index is -1.09. The number of rotatable bonds is 10. The van der Waals surface area contributed by atoms with E-state index < -0.39 is 11.9 Å². The van der Waals surface area contributed by atoms with Gasteiger partial charge < -0.3 is 14.6 Å². The van der Waals surface area contributed by atoms with Crippen molar-refractivity contribution in [3.63, 3.8) is 0 Å². The SMILES string of the molecule is Cc1ccc2nnn(CCC(CC(=O)c3ccc(OCC4CCOCC4)cc3)C(=O)O)c(=O)c2c1. The molecule has 4 rings (SSSR count). The van der Waals surface area contributed by atoms with Crippen molar-refractivity contribution in [3.8, 4) is 5.75 Å². The lowest BCUT2D eigenvalue weighted by Crippen LogP contribution is -2.27. The Morgan fingerprint density at radius 1 is 1.17 bits per heavy atom. The van der Waals surface area contributed by atoms with E-state index in [1.165, 1.54) is 0 Å². The van der Waals surface area contributed by atoms with Crippen LogP contribution in [0.15, 0.2) is 47.3 Å². The van der Waals surface area contributed by atoms with Gasteiger partial charge in [-0.25, -0.2) is 4.68 Å². The number of nitrogens with zero attached hydrogens (tertiary/aromatic N) is 3. The van der Waals surface area contributed by atoms with E-state index in [2.05, 4.69) is 10.3 Å². The standard InChI is InChI=1S/C26H29N3O6/c1-17-2-7-23-22(14-17)25(31)29(28-27-23)11-8-20(26(32)33)15-24(30)19-3-5-21(6-4-19)35-16-18-9-12-34-13-10-18/h2-7,14,18,20H,8-13,15-16H2,1H3,(H,32,33). The van der Waals surface area contributed by atoms with Crippen molar-refractivity contribution in [2.45, 2.75) is 39.2 Å². The molecule has 1 atom stereocenters. The highest BCUT2D eigenvalue weighted by Gasteiger charge is 2.23. The second-order valence-corrected chi connectivity index (χ2v) is 8.98. The molecule has 2 heterocycles. The summed E-state index contributed by atoms with van der Waals surface area (Å²) in [5.41, 5.74) is 1.50. The lowest BCUT2D eigenvalue weighted by molar-refractivity contribution is -0.142. The quantitative estimate of drug-likeness (QED) is 0.440. The highest BCUT2D eigenvalue weighted by molar-refractivity contribution is 5.98. The molecule has 9 heteroatoms. The summed E-state index contributed by atoms with van der Waals surface area (Å²) < 4.78 is 12.3. The molecule has 9 nitrogen and oxygen atoms in total. The zero-order chi connectivity index (χ0) is 24.8. The molecular formula is C26H29N3O6. The van der Waals surface area contributed by atoms with E-state index in [4.69, 9.17) is 9.47 Å². The summed E-state index contributed by atoms with van der Waals surface area (Å²) >= 11 is 0. The lowest BCUT2D eigenvalue weighted by Gasteiger charge is -2.22. The average molecular weight is 480 g/mol. The number of Topliss-reactive ketones (excluding diaryl/α,β-unsaturated/α-hetero) is 1. The molecule has 2 aromatic carbocycles. The first-order valence-electron chi connectivity index (χ1n) is 11.8. The highest BCUT2D eigenvalue weighted by Crippen LogP contribution is 2.20. The topological polar surface area (TPSA) is 121 Å². The number of ether oxygens (including phenoxy) is 2. The predicted octanol–water partition coefficient (Wildman–Crippen LogP) is 3.27. The summed E-state index contributed by atoms with van der Waals surface area (Å²) in [6.45, 7) is 4.05. The van der Waals surface area contributed by atoms with Crippen molar-refractivity contribution in [1.82, 2.24) is 15.0 Å². The Bertz CT molecular complexity index is 1250. The second kappa shape index (κ2) is 11.2. The van der Waals surface area contributed by atoms with Gasteiger partial charge in [-0.1, -0.05) is 16.8 Å². The number of benzene rings is 2. The van der Waals surface area contributed by atoms with Crippen LogP contribution in [0.3, 0.4) is 0 Å². The van der Waals surface area contributed by atoms with Crippen LogP contribution in [-0.4, -0.2) is 51.7 Å². The van der Waals surface area contributed by atoms with E-state index in [0.29, 0.717) is 34.7 Å². The molecule has 0 aliphatic carbocycles. The fourth-order valence-electron chi connectivity index (χ4n) is 4.13. The van der Waals surface area contributed by atoms with Crippen LogP contribution in [-0.2, 0) is 16.1 Å². The van der Waals surface area contributed by atoms with Crippen molar-refractivity contribution in [2.24, 2.45) is 11.8 Å². The summed E-state index contributed by atoms with van der Waals surface area (Å²) in [5.74, 6) is -1.18. The van der Waals surface area contributed by atoms with Crippen LogP contribution < -0.4 is 10.3 Å². The summed E-state index contributed by atoms with van der Waals surface area (Å²) in [5, 5.41) is 18.1. The Labute approximate surface area is 202 Å². The van der Waals surface area contributed by atoms with Gasteiger partial charge in [-0.05, 0) is 68.5 Å². The number of aryl methyl sites for hydroxylation is 2. The summed E-state index contributed by atoms with van der Waals surface area (Å²) in [7, 11) is 0. The van der Waals surface area contributed by atoms with Gasteiger partial charge in [-0.15, -0.1) is 5.10 Å². The van der Waals surface area contributed by atoms with E-state index in [1.54, 1.807) is 36.4 Å². The number of aliphatic carboxylic acids is 1. The van der Waals surface area contributed by atoms with Crippen molar-refractivity contribution in [3.05, 3.63) is 63.9 Å². The number of fused-ring (bicyclic) bond motifs is 1. The minimum absolute atomic E-state index is 0.0545. The molecule has 1 unspecified atom stereocenters. The maximum absolute atomic E-state index is 12.8. The van der Waals surface area contributed by atoms with E-state index in [-0.39, 0.29) is 30.7 Å². The highest BCUT2D eigenvalue weighted by atomic mass is 16.5. The number of ketones is 1. The second-order valence-electron chi connectivity index (χ2n) is 8.98. The molecule has 1 fully saturated rings. The van der Waals surface area contributed by atoms with Crippen LogP contribution in [0.2, 0.25) is 0 Å². The Kier molecular flexibility index (Phi) is 7.87. The van der Waals surface area contributed by atoms with Gasteiger partial charge in [0.1, 0.15) is 11.3 Å². The third-order valence-corrected chi connectivity index (χ3v) is 6.35. The minimum Gasteiger partial charge on any atom is -0.493 e. The fraction of sp³-hybridized carbons (Fsp3) is 0.423. The molecule has 184 valence electrons. The monoisotopic (exact) mass is 479 g/mol. The number of hydrogen-bond acceptors (Lipinski definition) is 7. The molecule has 0 saturated carbocycles. The van der Waals surface area contributed by atoms with Crippen LogP contribution in [0.5, 0.6) is 5.75 Å². The maximum Gasteiger partial charge on any atom is 0.307 e. The largest absolute Gasteiger partial charge is 0.493 e. The van der Waals surface area contributed by atoms with Crippen molar-refractivity contribution in [1.29, 1.82) is 0 Å². The summed E-state index contributed by atoms with van der Waals surface area (Å²) in [4.78, 5) is 37.3. The van der Waals surface area contributed by atoms with E-state index in [9.17, 15) is 19.5 Å². The Morgan fingerprint density at radius 2 is 1.91 bits per heavy atom. The maximum atomic E-state index is 12.8. The average Bonchev–Trinajstić information content (AvgIpc) is 2.87. The van der Waals surface area contributed by atoms with Gasteiger partial charge in [0.25, 0.3) is 5.56 Å². The van der Waals surface area contributed by atoms with Crippen LogP contribution in [0.25, 0.3) is 10.9 Å². The third kappa shape index (κ3) is 6.30. The Hall–Kier alpha value is -3.59.